The second-order valence-electron chi connectivity index (χ2n) is 6.19. The van der Waals surface area contributed by atoms with Crippen LogP contribution in [0.2, 0.25) is 0 Å². The Labute approximate surface area is 109 Å². The van der Waals surface area contributed by atoms with Gasteiger partial charge in [0.1, 0.15) is 5.60 Å². The fourth-order valence-electron chi connectivity index (χ4n) is 2.93. The maximum absolute atomic E-state index is 12.2. The van der Waals surface area contributed by atoms with Crippen molar-refractivity contribution in [1.82, 2.24) is 4.90 Å². The first-order valence-corrected chi connectivity index (χ1v) is 6.63. The maximum atomic E-state index is 12.2. The first-order chi connectivity index (χ1) is 8.40. The van der Waals surface area contributed by atoms with Crippen LogP contribution >= 0.6 is 0 Å². The molecular weight excluding hydrogens is 230 g/mol. The molecule has 2 rings (SSSR count). The molecule has 0 N–H and O–H groups in total. The number of rotatable bonds is 1. The SMILES string of the molecule is COC=C1C[C@H]2CC[C@H](C1)N2C(=O)OC(C)(C)C. The summed E-state index contributed by atoms with van der Waals surface area (Å²) in [6.45, 7) is 5.73. The molecule has 102 valence electrons. The second-order valence-corrected chi connectivity index (χ2v) is 6.19. The molecule has 0 aromatic rings. The zero-order valence-corrected chi connectivity index (χ0v) is 11.7. The first kappa shape index (κ1) is 13.2. The van der Waals surface area contributed by atoms with E-state index in [2.05, 4.69) is 0 Å². The van der Waals surface area contributed by atoms with Gasteiger partial charge in [-0.2, -0.15) is 0 Å². The second kappa shape index (κ2) is 4.82. The Hall–Kier alpha value is -1.19. The zero-order chi connectivity index (χ0) is 13.3. The van der Waals surface area contributed by atoms with Gasteiger partial charge >= 0.3 is 6.09 Å². The summed E-state index contributed by atoms with van der Waals surface area (Å²) in [5.74, 6) is 0. The van der Waals surface area contributed by atoms with Crippen molar-refractivity contribution in [3.63, 3.8) is 0 Å². The fourth-order valence-corrected chi connectivity index (χ4v) is 2.93. The first-order valence-electron chi connectivity index (χ1n) is 6.63. The van der Waals surface area contributed by atoms with Gasteiger partial charge < -0.3 is 14.4 Å². The van der Waals surface area contributed by atoms with E-state index in [4.69, 9.17) is 9.47 Å². The van der Waals surface area contributed by atoms with Crippen LogP contribution in [-0.4, -0.2) is 35.8 Å². The molecule has 4 nitrogen and oxygen atoms in total. The molecule has 18 heavy (non-hydrogen) atoms. The number of methoxy groups -OCH3 is 1. The molecule has 2 atom stereocenters. The average molecular weight is 253 g/mol. The van der Waals surface area contributed by atoms with E-state index in [1.54, 1.807) is 7.11 Å². The number of carbonyl (C=O) groups excluding carboxylic acids is 1. The molecular formula is C14H23NO3. The number of hydrogen-bond acceptors (Lipinski definition) is 3. The van der Waals surface area contributed by atoms with Crippen LogP contribution in [0.5, 0.6) is 0 Å². The molecule has 0 aromatic heterocycles. The number of piperidine rings is 1. The minimum absolute atomic E-state index is 0.161. The molecule has 0 unspecified atom stereocenters. The standard InChI is InChI=1S/C14H23NO3/c1-14(2,3)18-13(16)15-11-5-6-12(15)8-10(7-11)9-17-4/h9,11-12H,5-8H2,1-4H3/t11-,12-/m1/s1. The minimum Gasteiger partial charge on any atom is -0.504 e. The molecule has 4 heteroatoms. The van der Waals surface area contributed by atoms with Crippen molar-refractivity contribution < 1.29 is 14.3 Å². The molecule has 2 saturated heterocycles. The summed E-state index contributed by atoms with van der Waals surface area (Å²) in [6, 6.07) is 0.583. The predicted octanol–water partition coefficient (Wildman–Crippen LogP) is 3.08. The van der Waals surface area contributed by atoms with Crippen LogP contribution < -0.4 is 0 Å². The van der Waals surface area contributed by atoms with Crippen LogP contribution in [0.25, 0.3) is 0 Å². The highest BCUT2D eigenvalue weighted by Crippen LogP contribution is 2.39. The van der Waals surface area contributed by atoms with Gasteiger partial charge in [0.2, 0.25) is 0 Å². The Morgan fingerprint density at radius 1 is 1.28 bits per heavy atom. The predicted molar refractivity (Wildman–Crippen MR) is 69.2 cm³/mol. The number of carbonyl (C=O) groups is 1. The Morgan fingerprint density at radius 3 is 2.28 bits per heavy atom. The van der Waals surface area contributed by atoms with Crippen LogP contribution in [0, 0.1) is 0 Å². The number of nitrogens with zero attached hydrogens (tertiary/aromatic N) is 1. The monoisotopic (exact) mass is 253 g/mol. The van der Waals surface area contributed by atoms with E-state index >= 15 is 0 Å². The summed E-state index contributed by atoms with van der Waals surface area (Å²) in [6.07, 6.45) is 5.66. The number of ether oxygens (including phenoxy) is 2. The normalized spacial score (nSPS) is 27.1. The highest BCUT2D eigenvalue weighted by atomic mass is 16.6. The van der Waals surface area contributed by atoms with E-state index in [1.165, 1.54) is 5.57 Å². The third kappa shape index (κ3) is 2.79. The topological polar surface area (TPSA) is 38.8 Å². The highest BCUT2D eigenvalue weighted by molar-refractivity contribution is 5.70. The molecule has 0 aromatic carbocycles. The molecule has 0 radical (unpaired) electrons. The largest absolute Gasteiger partial charge is 0.504 e. The zero-order valence-electron chi connectivity index (χ0n) is 11.7. The highest BCUT2D eigenvalue weighted by Gasteiger charge is 2.43. The summed E-state index contributed by atoms with van der Waals surface area (Å²) >= 11 is 0. The summed E-state index contributed by atoms with van der Waals surface area (Å²) in [5, 5.41) is 0. The number of amides is 1. The summed E-state index contributed by atoms with van der Waals surface area (Å²) in [5.41, 5.74) is 0.893. The van der Waals surface area contributed by atoms with Gasteiger partial charge in [0.05, 0.1) is 13.4 Å². The van der Waals surface area contributed by atoms with E-state index in [1.807, 2.05) is 31.9 Å². The molecule has 2 aliphatic rings. The fraction of sp³-hybridized carbons (Fsp3) is 0.786. The van der Waals surface area contributed by atoms with E-state index in [-0.39, 0.29) is 6.09 Å². The van der Waals surface area contributed by atoms with Gasteiger partial charge in [0, 0.05) is 12.1 Å². The Kier molecular flexibility index (Phi) is 3.55. The van der Waals surface area contributed by atoms with Crippen molar-refractivity contribution >= 4 is 6.09 Å². The van der Waals surface area contributed by atoms with E-state index in [0.717, 1.165) is 25.7 Å². The van der Waals surface area contributed by atoms with E-state index in [9.17, 15) is 4.79 Å². The van der Waals surface area contributed by atoms with Crippen molar-refractivity contribution in [2.45, 2.75) is 64.1 Å². The summed E-state index contributed by atoms with van der Waals surface area (Å²) in [4.78, 5) is 14.1. The Bertz CT molecular complexity index is 341. The molecule has 1 amide bonds. The number of fused-ring (bicyclic) bond motifs is 2. The van der Waals surface area contributed by atoms with Crippen LogP contribution in [-0.2, 0) is 9.47 Å². The molecule has 2 aliphatic heterocycles. The van der Waals surface area contributed by atoms with Crippen molar-refractivity contribution in [3.05, 3.63) is 11.8 Å². The van der Waals surface area contributed by atoms with Crippen LogP contribution in [0.4, 0.5) is 4.79 Å². The van der Waals surface area contributed by atoms with Crippen LogP contribution in [0.15, 0.2) is 11.8 Å². The van der Waals surface area contributed by atoms with Gasteiger partial charge in [-0.1, -0.05) is 0 Å². The van der Waals surface area contributed by atoms with Gasteiger partial charge in [0.25, 0.3) is 0 Å². The number of hydrogen-bond donors (Lipinski definition) is 0. The lowest BCUT2D eigenvalue weighted by Crippen LogP contribution is -2.47. The van der Waals surface area contributed by atoms with Gasteiger partial charge in [-0.15, -0.1) is 0 Å². The van der Waals surface area contributed by atoms with Crippen molar-refractivity contribution in [2.75, 3.05) is 7.11 Å². The smallest absolute Gasteiger partial charge is 0.410 e. The van der Waals surface area contributed by atoms with Crippen molar-refractivity contribution in [2.24, 2.45) is 0 Å². The van der Waals surface area contributed by atoms with E-state index < -0.39 is 5.60 Å². The molecule has 2 bridgehead atoms. The quantitative estimate of drug-likeness (QED) is 0.674. The summed E-state index contributed by atoms with van der Waals surface area (Å²) in [7, 11) is 1.68. The molecule has 0 saturated carbocycles. The Morgan fingerprint density at radius 2 is 1.83 bits per heavy atom. The lowest BCUT2D eigenvalue weighted by Gasteiger charge is -2.36. The van der Waals surface area contributed by atoms with Gasteiger partial charge in [-0.25, -0.2) is 4.79 Å². The summed E-state index contributed by atoms with van der Waals surface area (Å²) < 4.78 is 10.6. The Balaban J connectivity index is 2.05. The lowest BCUT2D eigenvalue weighted by molar-refractivity contribution is 0.0113. The average Bonchev–Trinajstić information content (AvgIpc) is 2.49. The van der Waals surface area contributed by atoms with Gasteiger partial charge in [-0.05, 0) is 52.0 Å². The maximum Gasteiger partial charge on any atom is 0.410 e. The van der Waals surface area contributed by atoms with Gasteiger partial charge in [-0.3, -0.25) is 0 Å². The molecule has 2 fully saturated rings. The minimum atomic E-state index is -0.417. The van der Waals surface area contributed by atoms with E-state index in [0.29, 0.717) is 12.1 Å². The van der Waals surface area contributed by atoms with Gasteiger partial charge in [0.15, 0.2) is 0 Å². The van der Waals surface area contributed by atoms with Crippen molar-refractivity contribution in [1.29, 1.82) is 0 Å². The third-order valence-electron chi connectivity index (χ3n) is 3.50. The molecule has 0 aliphatic carbocycles. The molecule has 0 spiro atoms. The third-order valence-corrected chi connectivity index (χ3v) is 3.50. The van der Waals surface area contributed by atoms with Crippen LogP contribution in [0.3, 0.4) is 0 Å². The lowest BCUT2D eigenvalue weighted by atomic mass is 9.98. The molecule has 2 heterocycles. The van der Waals surface area contributed by atoms with Crippen LogP contribution in [0.1, 0.15) is 46.5 Å². The van der Waals surface area contributed by atoms with Crippen molar-refractivity contribution in [3.8, 4) is 0 Å².